The lowest BCUT2D eigenvalue weighted by molar-refractivity contribution is -0.130. The summed E-state index contributed by atoms with van der Waals surface area (Å²) in [7, 11) is 1.70. The first-order chi connectivity index (χ1) is 9.11. The van der Waals surface area contributed by atoms with Crippen molar-refractivity contribution in [2.24, 2.45) is 0 Å². The van der Waals surface area contributed by atoms with Crippen LogP contribution in [0.15, 0.2) is 28.7 Å². The lowest BCUT2D eigenvalue weighted by atomic mass is 10.0. The summed E-state index contributed by atoms with van der Waals surface area (Å²) in [6.07, 6.45) is 0.115. The molecule has 104 valence electrons. The molecular formula is C14H19BrN2O2. The number of ether oxygens (including phenoxy) is 1. The van der Waals surface area contributed by atoms with Crippen LogP contribution in [0.25, 0.3) is 0 Å². The highest BCUT2D eigenvalue weighted by molar-refractivity contribution is 9.10. The lowest BCUT2D eigenvalue weighted by Crippen LogP contribution is -2.51. The molecule has 4 nitrogen and oxygen atoms in total. The van der Waals surface area contributed by atoms with Crippen molar-refractivity contribution in [2.75, 3.05) is 26.7 Å². The molecule has 1 saturated heterocycles. The van der Waals surface area contributed by atoms with Crippen LogP contribution < -0.4 is 5.32 Å². The zero-order chi connectivity index (χ0) is 13.8. The maximum atomic E-state index is 12.2. The highest BCUT2D eigenvalue weighted by Gasteiger charge is 2.31. The third-order valence-electron chi connectivity index (χ3n) is 3.39. The maximum absolute atomic E-state index is 12.2. The Morgan fingerprint density at radius 2 is 2.16 bits per heavy atom. The van der Waals surface area contributed by atoms with Gasteiger partial charge >= 0.3 is 0 Å². The molecule has 1 aliphatic rings. The number of hydrogen-bond donors (Lipinski definition) is 1. The normalized spacial score (nSPS) is 22.1. The molecule has 0 spiro atoms. The van der Waals surface area contributed by atoms with Crippen molar-refractivity contribution < 1.29 is 9.53 Å². The van der Waals surface area contributed by atoms with E-state index >= 15 is 0 Å². The topological polar surface area (TPSA) is 41.6 Å². The molecule has 1 heterocycles. The second kappa shape index (κ2) is 6.50. The van der Waals surface area contributed by atoms with Crippen LogP contribution in [0.2, 0.25) is 0 Å². The summed E-state index contributed by atoms with van der Waals surface area (Å²) in [5.74, 6) is 0.0666. The van der Waals surface area contributed by atoms with Crippen LogP contribution in [0, 0.1) is 0 Å². The van der Waals surface area contributed by atoms with Gasteiger partial charge in [0.2, 0.25) is 5.91 Å². The Morgan fingerprint density at radius 3 is 2.79 bits per heavy atom. The van der Waals surface area contributed by atoms with Crippen molar-refractivity contribution in [3.8, 4) is 0 Å². The van der Waals surface area contributed by atoms with Gasteiger partial charge in [0.1, 0.15) is 6.04 Å². The molecule has 1 fully saturated rings. The molecule has 0 unspecified atom stereocenters. The van der Waals surface area contributed by atoms with Gasteiger partial charge < -0.3 is 10.1 Å². The molecule has 0 aromatic heterocycles. The Hall–Kier alpha value is -0.910. The van der Waals surface area contributed by atoms with E-state index in [-0.39, 0.29) is 18.1 Å². The Bertz CT molecular complexity index is 436. The molecule has 1 aromatic carbocycles. The van der Waals surface area contributed by atoms with Gasteiger partial charge in [0.25, 0.3) is 0 Å². The van der Waals surface area contributed by atoms with Gasteiger partial charge in [0.15, 0.2) is 0 Å². The summed E-state index contributed by atoms with van der Waals surface area (Å²) < 4.78 is 6.33. The van der Waals surface area contributed by atoms with Gasteiger partial charge in [0, 0.05) is 31.2 Å². The number of rotatable bonds is 4. The molecule has 2 rings (SSSR count). The van der Waals surface area contributed by atoms with Gasteiger partial charge in [-0.15, -0.1) is 0 Å². The summed E-state index contributed by atoms with van der Waals surface area (Å²) in [5.41, 5.74) is 1.02. The number of piperazine rings is 1. The molecule has 0 bridgehead atoms. The number of carbonyl (C=O) groups is 1. The average molecular weight is 327 g/mol. The van der Waals surface area contributed by atoms with E-state index < -0.39 is 0 Å². The van der Waals surface area contributed by atoms with E-state index in [1.807, 2.05) is 31.2 Å². The highest BCUT2D eigenvalue weighted by atomic mass is 79.9. The second-order valence-electron chi connectivity index (χ2n) is 4.79. The van der Waals surface area contributed by atoms with E-state index in [4.69, 9.17) is 4.74 Å². The fourth-order valence-corrected chi connectivity index (χ4v) is 2.59. The van der Waals surface area contributed by atoms with Crippen LogP contribution in [-0.2, 0) is 9.53 Å². The first kappa shape index (κ1) is 14.5. The van der Waals surface area contributed by atoms with Gasteiger partial charge in [-0.1, -0.05) is 28.1 Å². The largest absolute Gasteiger partial charge is 0.380 e. The minimum absolute atomic E-state index is 0.0666. The van der Waals surface area contributed by atoms with E-state index in [1.165, 1.54) is 0 Å². The molecule has 0 saturated carbocycles. The van der Waals surface area contributed by atoms with Crippen LogP contribution >= 0.6 is 15.9 Å². The number of halogens is 1. The van der Waals surface area contributed by atoms with E-state index in [2.05, 4.69) is 26.1 Å². The van der Waals surface area contributed by atoms with Crippen molar-refractivity contribution in [1.29, 1.82) is 0 Å². The second-order valence-corrected chi connectivity index (χ2v) is 5.70. The maximum Gasteiger partial charge on any atom is 0.242 e. The van der Waals surface area contributed by atoms with Crippen LogP contribution in [0.1, 0.15) is 18.5 Å². The fraction of sp³-hybridized carbons (Fsp3) is 0.500. The van der Waals surface area contributed by atoms with Crippen LogP contribution in [0.3, 0.4) is 0 Å². The van der Waals surface area contributed by atoms with Crippen molar-refractivity contribution in [2.45, 2.75) is 19.1 Å². The molecule has 5 heteroatoms. The Labute approximate surface area is 122 Å². The molecular weight excluding hydrogens is 308 g/mol. The molecule has 1 aliphatic heterocycles. The van der Waals surface area contributed by atoms with Gasteiger partial charge in [-0.25, -0.2) is 0 Å². The van der Waals surface area contributed by atoms with Crippen LogP contribution in [-0.4, -0.2) is 43.7 Å². The SMILES string of the molecule is CO[C@H](C)CN1CCNC(=O)[C@H]1c1ccc(Br)cc1. The summed E-state index contributed by atoms with van der Waals surface area (Å²) in [5, 5.41) is 2.93. The number of hydrogen-bond acceptors (Lipinski definition) is 3. The zero-order valence-corrected chi connectivity index (χ0v) is 12.8. The first-order valence-electron chi connectivity index (χ1n) is 6.42. The predicted octanol–water partition coefficient (Wildman–Crippen LogP) is 1.96. The minimum atomic E-state index is -0.223. The highest BCUT2D eigenvalue weighted by Crippen LogP contribution is 2.25. The minimum Gasteiger partial charge on any atom is -0.380 e. The number of carbonyl (C=O) groups excluding carboxylic acids is 1. The van der Waals surface area contributed by atoms with E-state index in [1.54, 1.807) is 7.11 Å². The predicted molar refractivity (Wildman–Crippen MR) is 77.9 cm³/mol. The quantitative estimate of drug-likeness (QED) is 0.919. The number of methoxy groups -OCH3 is 1. The van der Waals surface area contributed by atoms with E-state index in [0.29, 0.717) is 6.54 Å². The standard InChI is InChI=1S/C14H19BrN2O2/c1-10(19-2)9-17-8-7-16-14(18)13(17)11-3-5-12(15)6-4-11/h3-6,10,13H,7-9H2,1-2H3,(H,16,18)/t10-,13-/m1/s1. The lowest BCUT2D eigenvalue weighted by Gasteiger charge is -2.36. The fourth-order valence-electron chi connectivity index (χ4n) is 2.32. The van der Waals surface area contributed by atoms with E-state index in [9.17, 15) is 4.79 Å². The van der Waals surface area contributed by atoms with E-state index in [0.717, 1.165) is 23.1 Å². The number of benzene rings is 1. The molecule has 0 aliphatic carbocycles. The summed E-state index contributed by atoms with van der Waals surface area (Å²) in [4.78, 5) is 14.3. The van der Waals surface area contributed by atoms with Crippen molar-refractivity contribution >= 4 is 21.8 Å². The first-order valence-corrected chi connectivity index (χ1v) is 7.21. The van der Waals surface area contributed by atoms with Crippen LogP contribution in [0.5, 0.6) is 0 Å². The summed E-state index contributed by atoms with van der Waals surface area (Å²) in [6, 6.07) is 7.69. The Kier molecular flexibility index (Phi) is 4.96. The third-order valence-corrected chi connectivity index (χ3v) is 3.92. The molecule has 1 amide bonds. The number of nitrogens with zero attached hydrogens (tertiary/aromatic N) is 1. The summed E-state index contributed by atoms with van der Waals surface area (Å²) in [6.45, 7) is 4.32. The van der Waals surface area contributed by atoms with Gasteiger partial charge in [-0.05, 0) is 24.6 Å². The van der Waals surface area contributed by atoms with Gasteiger partial charge in [0.05, 0.1) is 6.10 Å². The number of nitrogens with one attached hydrogen (secondary N) is 1. The molecule has 0 radical (unpaired) electrons. The smallest absolute Gasteiger partial charge is 0.242 e. The Balaban J connectivity index is 2.20. The molecule has 2 atom stereocenters. The third kappa shape index (κ3) is 3.55. The van der Waals surface area contributed by atoms with Gasteiger partial charge in [-0.2, -0.15) is 0 Å². The average Bonchev–Trinajstić information content (AvgIpc) is 2.40. The molecule has 19 heavy (non-hydrogen) atoms. The molecule has 1 N–H and O–H groups in total. The van der Waals surface area contributed by atoms with Gasteiger partial charge in [-0.3, -0.25) is 9.69 Å². The Morgan fingerprint density at radius 1 is 1.47 bits per heavy atom. The molecule has 1 aromatic rings. The van der Waals surface area contributed by atoms with Crippen LogP contribution in [0.4, 0.5) is 0 Å². The van der Waals surface area contributed by atoms with Crippen molar-refractivity contribution in [3.05, 3.63) is 34.3 Å². The summed E-state index contributed by atoms with van der Waals surface area (Å²) >= 11 is 3.42. The van der Waals surface area contributed by atoms with Crippen molar-refractivity contribution in [3.63, 3.8) is 0 Å². The zero-order valence-electron chi connectivity index (χ0n) is 11.2. The monoisotopic (exact) mass is 326 g/mol. The number of amides is 1. The van der Waals surface area contributed by atoms with Crippen molar-refractivity contribution in [1.82, 2.24) is 10.2 Å².